The number of likely N-dealkylation sites (tertiary alicyclic amines) is 1. The Morgan fingerprint density at radius 1 is 1.20 bits per heavy atom. The van der Waals surface area contributed by atoms with Crippen molar-refractivity contribution in [1.29, 1.82) is 0 Å². The van der Waals surface area contributed by atoms with Gasteiger partial charge in [0.1, 0.15) is 5.76 Å². The molecule has 1 N–H and O–H groups in total. The molecule has 3 rings (SSSR count). The van der Waals surface area contributed by atoms with E-state index in [2.05, 4.69) is 5.32 Å². The van der Waals surface area contributed by atoms with Crippen LogP contribution in [0.1, 0.15) is 41.9 Å². The van der Waals surface area contributed by atoms with Crippen molar-refractivity contribution in [3.63, 3.8) is 0 Å². The fourth-order valence-electron chi connectivity index (χ4n) is 3.06. The van der Waals surface area contributed by atoms with Crippen LogP contribution in [0.2, 0.25) is 5.02 Å². The Hall–Kier alpha value is -2.27. The summed E-state index contributed by atoms with van der Waals surface area (Å²) in [7, 11) is 0. The maximum absolute atomic E-state index is 12.5. The molecule has 1 aromatic carbocycles. The second-order valence-electron chi connectivity index (χ2n) is 6.32. The first-order valence-electron chi connectivity index (χ1n) is 8.43. The monoisotopic (exact) mass is 360 g/mol. The van der Waals surface area contributed by atoms with Gasteiger partial charge in [-0.2, -0.15) is 0 Å². The van der Waals surface area contributed by atoms with E-state index in [-0.39, 0.29) is 23.8 Å². The molecular formula is C19H21ClN2O3. The van der Waals surface area contributed by atoms with Gasteiger partial charge in [-0.15, -0.1) is 0 Å². The molecule has 1 fully saturated rings. The Labute approximate surface area is 151 Å². The number of carbonyl (C=O) groups excluding carboxylic acids is 2. The molecule has 132 valence electrons. The number of nitrogens with zero attached hydrogens (tertiary/aromatic N) is 1. The first-order valence-corrected chi connectivity index (χ1v) is 8.81. The highest BCUT2D eigenvalue weighted by Gasteiger charge is 2.28. The molecule has 1 aromatic heterocycles. The smallest absolute Gasteiger partial charge is 0.253 e. The summed E-state index contributed by atoms with van der Waals surface area (Å²) < 4.78 is 5.31. The minimum absolute atomic E-state index is 0.0144. The van der Waals surface area contributed by atoms with E-state index in [1.807, 2.05) is 13.0 Å². The second kappa shape index (κ2) is 7.74. The predicted octanol–water partition coefficient (Wildman–Crippen LogP) is 3.66. The fourth-order valence-corrected chi connectivity index (χ4v) is 3.19. The average Bonchev–Trinajstić information content (AvgIpc) is 3.17. The van der Waals surface area contributed by atoms with Gasteiger partial charge < -0.3 is 14.6 Å². The summed E-state index contributed by atoms with van der Waals surface area (Å²) in [6.07, 6.45) is 2.92. The molecule has 1 aliphatic heterocycles. The molecule has 1 atom stereocenters. The molecule has 0 bridgehead atoms. The maximum Gasteiger partial charge on any atom is 0.253 e. The number of rotatable bonds is 4. The minimum Gasteiger partial charge on any atom is -0.467 e. The Kier molecular flexibility index (Phi) is 5.43. The number of nitrogens with one attached hydrogen (secondary N) is 1. The Bertz CT molecular complexity index is 720. The lowest BCUT2D eigenvalue weighted by atomic mass is 9.95. The zero-order valence-corrected chi connectivity index (χ0v) is 14.8. The number of piperidine rings is 1. The first kappa shape index (κ1) is 17.5. The Morgan fingerprint density at radius 3 is 2.48 bits per heavy atom. The second-order valence-corrected chi connectivity index (χ2v) is 6.76. The highest BCUT2D eigenvalue weighted by molar-refractivity contribution is 6.30. The molecule has 0 aliphatic carbocycles. The van der Waals surface area contributed by atoms with Crippen LogP contribution in [0, 0.1) is 5.92 Å². The van der Waals surface area contributed by atoms with Crippen molar-refractivity contribution in [3.05, 3.63) is 59.0 Å². The van der Waals surface area contributed by atoms with E-state index in [9.17, 15) is 9.59 Å². The van der Waals surface area contributed by atoms with Gasteiger partial charge in [0, 0.05) is 29.6 Å². The van der Waals surface area contributed by atoms with E-state index in [1.165, 1.54) is 0 Å². The van der Waals surface area contributed by atoms with Crippen LogP contribution in [0.3, 0.4) is 0 Å². The van der Waals surface area contributed by atoms with Gasteiger partial charge in [-0.1, -0.05) is 11.6 Å². The number of benzene rings is 1. The predicted molar refractivity (Wildman–Crippen MR) is 95.3 cm³/mol. The van der Waals surface area contributed by atoms with E-state index in [0.29, 0.717) is 36.5 Å². The average molecular weight is 361 g/mol. The van der Waals surface area contributed by atoms with Crippen LogP contribution < -0.4 is 5.32 Å². The summed E-state index contributed by atoms with van der Waals surface area (Å²) in [5, 5.41) is 3.59. The zero-order valence-electron chi connectivity index (χ0n) is 14.1. The standard InChI is InChI=1S/C19H21ClN2O3/c1-13(17-3-2-12-25-17)21-18(23)14-8-10-22(11-9-14)19(24)15-4-6-16(20)7-5-15/h2-7,12-14H,8-11H2,1H3,(H,21,23)/t13-/m1/s1. The van der Waals surface area contributed by atoms with Crippen molar-refractivity contribution in [2.24, 2.45) is 5.92 Å². The number of hydrogen-bond acceptors (Lipinski definition) is 3. The largest absolute Gasteiger partial charge is 0.467 e. The van der Waals surface area contributed by atoms with Crippen LogP contribution in [0.4, 0.5) is 0 Å². The highest BCUT2D eigenvalue weighted by Crippen LogP contribution is 2.21. The third-order valence-corrected chi connectivity index (χ3v) is 4.82. The van der Waals surface area contributed by atoms with Gasteiger partial charge in [-0.05, 0) is 56.2 Å². The third kappa shape index (κ3) is 4.23. The first-order chi connectivity index (χ1) is 12.0. The summed E-state index contributed by atoms with van der Waals surface area (Å²) in [6.45, 7) is 3.05. The fraction of sp³-hybridized carbons (Fsp3) is 0.368. The van der Waals surface area contributed by atoms with E-state index >= 15 is 0 Å². The molecule has 1 aliphatic rings. The lowest BCUT2D eigenvalue weighted by Gasteiger charge is -2.32. The van der Waals surface area contributed by atoms with Gasteiger partial charge >= 0.3 is 0 Å². The molecule has 0 spiro atoms. The summed E-state index contributed by atoms with van der Waals surface area (Å²) in [4.78, 5) is 26.7. The van der Waals surface area contributed by atoms with Crippen molar-refractivity contribution >= 4 is 23.4 Å². The molecule has 1 saturated heterocycles. The van der Waals surface area contributed by atoms with Gasteiger partial charge in [0.25, 0.3) is 5.91 Å². The zero-order chi connectivity index (χ0) is 17.8. The van der Waals surface area contributed by atoms with Crippen LogP contribution in [-0.2, 0) is 4.79 Å². The lowest BCUT2D eigenvalue weighted by Crippen LogP contribution is -2.43. The molecule has 2 heterocycles. The van der Waals surface area contributed by atoms with Crippen LogP contribution >= 0.6 is 11.6 Å². The molecule has 25 heavy (non-hydrogen) atoms. The van der Waals surface area contributed by atoms with Gasteiger partial charge in [-0.25, -0.2) is 0 Å². The van der Waals surface area contributed by atoms with Gasteiger partial charge in [0.05, 0.1) is 12.3 Å². The quantitative estimate of drug-likeness (QED) is 0.905. The van der Waals surface area contributed by atoms with E-state index < -0.39 is 0 Å². The van der Waals surface area contributed by atoms with Crippen molar-refractivity contribution in [3.8, 4) is 0 Å². The van der Waals surface area contributed by atoms with Crippen molar-refractivity contribution in [2.75, 3.05) is 13.1 Å². The van der Waals surface area contributed by atoms with E-state index in [0.717, 1.165) is 5.76 Å². The summed E-state index contributed by atoms with van der Waals surface area (Å²) in [5.74, 6) is 0.664. The minimum atomic E-state index is -0.156. The number of hydrogen-bond donors (Lipinski definition) is 1. The van der Waals surface area contributed by atoms with Crippen LogP contribution in [0.15, 0.2) is 47.1 Å². The molecule has 2 aromatic rings. The van der Waals surface area contributed by atoms with Gasteiger partial charge in [0.15, 0.2) is 0 Å². The number of halogens is 1. The van der Waals surface area contributed by atoms with Crippen LogP contribution in [-0.4, -0.2) is 29.8 Å². The van der Waals surface area contributed by atoms with Gasteiger partial charge in [0.2, 0.25) is 5.91 Å². The topological polar surface area (TPSA) is 62.6 Å². The van der Waals surface area contributed by atoms with Crippen LogP contribution in [0.5, 0.6) is 0 Å². The third-order valence-electron chi connectivity index (χ3n) is 4.57. The van der Waals surface area contributed by atoms with Crippen molar-refractivity contribution < 1.29 is 14.0 Å². The normalized spacial score (nSPS) is 16.5. The molecule has 0 unspecified atom stereocenters. The Morgan fingerprint density at radius 2 is 1.88 bits per heavy atom. The molecule has 5 nitrogen and oxygen atoms in total. The summed E-state index contributed by atoms with van der Waals surface area (Å²) >= 11 is 5.86. The maximum atomic E-state index is 12.5. The van der Waals surface area contributed by atoms with Crippen molar-refractivity contribution in [1.82, 2.24) is 10.2 Å². The number of furan rings is 1. The Balaban J connectivity index is 1.52. The number of amides is 2. The molecule has 0 saturated carbocycles. The highest BCUT2D eigenvalue weighted by atomic mass is 35.5. The molecule has 0 radical (unpaired) electrons. The molecule has 2 amide bonds. The van der Waals surface area contributed by atoms with E-state index in [1.54, 1.807) is 41.5 Å². The SMILES string of the molecule is C[C@@H](NC(=O)C1CCN(C(=O)c2ccc(Cl)cc2)CC1)c1ccco1. The van der Waals surface area contributed by atoms with E-state index in [4.69, 9.17) is 16.0 Å². The van der Waals surface area contributed by atoms with Crippen LogP contribution in [0.25, 0.3) is 0 Å². The summed E-state index contributed by atoms with van der Waals surface area (Å²) in [6, 6.07) is 10.4. The molecule has 6 heteroatoms. The van der Waals surface area contributed by atoms with Crippen molar-refractivity contribution in [2.45, 2.75) is 25.8 Å². The number of carbonyl (C=O) groups is 2. The van der Waals surface area contributed by atoms with Gasteiger partial charge in [-0.3, -0.25) is 9.59 Å². The lowest BCUT2D eigenvalue weighted by molar-refractivity contribution is -0.127. The molecular weight excluding hydrogens is 340 g/mol. The summed E-state index contributed by atoms with van der Waals surface area (Å²) in [5.41, 5.74) is 0.624.